The van der Waals surface area contributed by atoms with E-state index in [4.69, 9.17) is 0 Å². The third-order valence-corrected chi connectivity index (χ3v) is 7.09. The number of alkyl halides is 1. The van der Waals surface area contributed by atoms with Crippen molar-refractivity contribution in [3.63, 3.8) is 0 Å². The number of piperidine rings is 1. The second-order valence-electron chi connectivity index (χ2n) is 9.57. The normalized spacial score (nSPS) is 21.8. The highest BCUT2D eigenvalue weighted by molar-refractivity contribution is 5.84. The van der Waals surface area contributed by atoms with Crippen LogP contribution in [0, 0.1) is 5.92 Å². The molecule has 0 unspecified atom stereocenters. The van der Waals surface area contributed by atoms with Crippen LogP contribution in [0.1, 0.15) is 70.1 Å². The molecule has 2 atom stereocenters. The Morgan fingerprint density at radius 2 is 2.09 bits per heavy atom. The molecule has 3 N–H and O–H groups in total. The number of aromatic nitrogens is 1. The van der Waals surface area contributed by atoms with Gasteiger partial charge in [0.2, 0.25) is 5.91 Å². The number of carbonyl (C=O) groups excluding carboxylic acids is 1. The number of hydrogen-bond donors (Lipinski definition) is 3. The Labute approximate surface area is 196 Å². The molecule has 7 nitrogen and oxygen atoms in total. The van der Waals surface area contributed by atoms with Crippen molar-refractivity contribution in [1.82, 2.24) is 15.2 Å². The van der Waals surface area contributed by atoms with Gasteiger partial charge in [0.05, 0.1) is 0 Å². The van der Waals surface area contributed by atoms with E-state index in [2.05, 4.69) is 21.7 Å². The summed E-state index contributed by atoms with van der Waals surface area (Å²) in [6, 6.07) is 3.17. The maximum Gasteiger partial charge on any atom is 0.326 e. The van der Waals surface area contributed by atoms with Gasteiger partial charge >= 0.3 is 5.97 Å². The molecule has 0 radical (unpaired) electrons. The standard InChI is InChI=1S/C25H39FN4O3/c1-3-18(4-2)23(31)29-21(24(32)33)11-16-30-15-6-12-25(26,17-30)13-10-20-9-8-19-7-5-14-27-22(19)28-20/h8-9,18,21H,3-7,10-17H2,1-2H3,(H,27,28)(H,29,31)(H,32,33)/t21-,25-/m0/s1. The van der Waals surface area contributed by atoms with Crippen molar-refractivity contribution in [2.45, 2.75) is 83.3 Å². The van der Waals surface area contributed by atoms with Gasteiger partial charge in [-0.3, -0.25) is 4.79 Å². The first-order valence-corrected chi connectivity index (χ1v) is 12.5. The van der Waals surface area contributed by atoms with E-state index in [-0.39, 0.29) is 18.2 Å². The molecule has 1 fully saturated rings. The number of aryl methyl sites for hydroxylation is 2. The predicted molar refractivity (Wildman–Crippen MR) is 127 cm³/mol. The summed E-state index contributed by atoms with van der Waals surface area (Å²) in [4.78, 5) is 30.7. The van der Waals surface area contributed by atoms with E-state index < -0.39 is 17.7 Å². The number of likely N-dealkylation sites (tertiary alicyclic amines) is 1. The summed E-state index contributed by atoms with van der Waals surface area (Å²) in [5.41, 5.74) is 0.834. The van der Waals surface area contributed by atoms with Crippen LogP contribution in [0.5, 0.6) is 0 Å². The number of carboxylic acids is 1. The summed E-state index contributed by atoms with van der Waals surface area (Å²) in [7, 11) is 0. The van der Waals surface area contributed by atoms with Crippen LogP contribution in [0.3, 0.4) is 0 Å². The molecule has 0 aromatic carbocycles. The third-order valence-electron chi connectivity index (χ3n) is 7.09. The van der Waals surface area contributed by atoms with Crippen LogP contribution in [0.2, 0.25) is 0 Å². The fourth-order valence-electron chi connectivity index (χ4n) is 4.95. The van der Waals surface area contributed by atoms with E-state index >= 15 is 4.39 Å². The SMILES string of the molecule is CCC(CC)C(=O)N[C@@H](CCN1CCC[C@](F)(CCc2ccc3c(n2)NCCC3)C1)C(=O)O. The highest BCUT2D eigenvalue weighted by Gasteiger charge is 2.36. The van der Waals surface area contributed by atoms with Gasteiger partial charge in [-0.2, -0.15) is 0 Å². The highest BCUT2D eigenvalue weighted by atomic mass is 19.1. The lowest BCUT2D eigenvalue weighted by Crippen LogP contribution is -2.49. The van der Waals surface area contributed by atoms with Gasteiger partial charge in [-0.1, -0.05) is 19.9 Å². The monoisotopic (exact) mass is 462 g/mol. The summed E-state index contributed by atoms with van der Waals surface area (Å²) < 4.78 is 15.7. The molecule has 0 bridgehead atoms. The zero-order valence-electron chi connectivity index (χ0n) is 20.0. The molecule has 2 aliphatic rings. The molecule has 3 rings (SSSR count). The topological polar surface area (TPSA) is 94.6 Å². The number of amides is 1. The number of halogens is 1. The molecule has 0 aliphatic carbocycles. The van der Waals surface area contributed by atoms with E-state index in [1.165, 1.54) is 5.56 Å². The smallest absolute Gasteiger partial charge is 0.326 e. The minimum atomic E-state index is -1.30. The molecular formula is C25H39FN4O3. The number of carbonyl (C=O) groups is 2. The Kier molecular flexibility index (Phi) is 9.06. The van der Waals surface area contributed by atoms with Crippen LogP contribution in [-0.4, -0.2) is 64.8 Å². The molecule has 3 heterocycles. The number of anilines is 1. The Balaban J connectivity index is 1.51. The van der Waals surface area contributed by atoms with Gasteiger partial charge in [0.15, 0.2) is 0 Å². The van der Waals surface area contributed by atoms with Crippen LogP contribution in [0.4, 0.5) is 10.2 Å². The zero-order valence-corrected chi connectivity index (χ0v) is 20.0. The zero-order chi connectivity index (χ0) is 23.8. The first-order chi connectivity index (χ1) is 15.8. The Bertz CT molecular complexity index is 817. The number of hydrogen-bond acceptors (Lipinski definition) is 5. The van der Waals surface area contributed by atoms with Crippen molar-refractivity contribution in [1.29, 1.82) is 0 Å². The lowest BCUT2D eigenvalue weighted by Gasteiger charge is -2.38. The number of pyridine rings is 1. The first-order valence-electron chi connectivity index (χ1n) is 12.5. The minimum Gasteiger partial charge on any atom is -0.480 e. The van der Waals surface area contributed by atoms with Gasteiger partial charge in [-0.15, -0.1) is 0 Å². The van der Waals surface area contributed by atoms with Crippen molar-refractivity contribution in [2.75, 3.05) is 31.5 Å². The Hall–Kier alpha value is -2.22. The lowest BCUT2D eigenvalue weighted by atomic mass is 9.89. The van der Waals surface area contributed by atoms with Gasteiger partial charge in [0.1, 0.15) is 17.5 Å². The molecule has 1 saturated heterocycles. The van der Waals surface area contributed by atoms with Crippen LogP contribution < -0.4 is 10.6 Å². The minimum absolute atomic E-state index is 0.173. The average molecular weight is 463 g/mol. The van der Waals surface area contributed by atoms with E-state index in [0.29, 0.717) is 45.2 Å². The molecule has 1 aromatic rings. The van der Waals surface area contributed by atoms with Crippen molar-refractivity contribution < 1.29 is 19.1 Å². The Morgan fingerprint density at radius 3 is 2.82 bits per heavy atom. The summed E-state index contributed by atoms with van der Waals surface area (Å²) in [5, 5.41) is 15.6. The van der Waals surface area contributed by atoms with Crippen molar-refractivity contribution in [3.05, 3.63) is 23.4 Å². The number of aliphatic carboxylic acids is 1. The molecule has 0 saturated carbocycles. The van der Waals surface area contributed by atoms with Crippen molar-refractivity contribution in [2.24, 2.45) is 5.92 Å². The van der Waals surface area contributed by atoms with Crippen molar-refractivity contribution in [3.8, 4) is 0 Å². The molecule has 2 aliphatic heterocycles. The molecular weight excluding hydrogens is 423 g/mol. The maximum absolute atomic E-state index is 15.7. The largest absolute Gasteiger partial charge is 0.480 e. The maximum atomic E-state index is 15.7. The number of carboxylic acid groups (broad SMARTS) is 1. The summed E-state index contributed by atoms with van der Waals surface area (Å²) in [6.07, 6.45) is 6.03. The van der Waals surface area contributed by atoms with Crippen LogP contribution in [0.25, 0.3) is 0 Å². The third kappa shape index (κ3) is 7.13. The fourth-order valence-corrected chi connectivity index (χ4v) is 4.95. The van der Waals surface area contributed by atoms with E-state index in [1.807, 2.05) is 24.8 Å². The second-order valence-corrected chi connectivity index (χ2v) is 9.57. The number of fused-ring (bicyclic) bond motifs is 1. The first kappa shape index (κ1) is 25.4. The molecule has 0 spiro atoms. The van der Waals surface area contributed by atoms with E-state index in [9.17, 15) is 14.7 Å². The number of rotatable bonds is 11. The van der Waals surface area contributed by atoms with Gasteiger partial charge in [0, 0.05) is 31.2 Å². The van der Waals surface area contributed by atoms with E-state index in [0.717, 1.165) is 43.9 Å². The van der Waals surface area contributed by atoms with Crippen LogP contribution in [-0.2, 0) is 22.4 Å². The van der Waals surface area contributed by atoms with Gasteiger partial charge < -0.3 is 20.6 Å². The molecule has 8 heteroatoms. The average Bonchev–Trinajstić information content (AvgIpc) is 2.81. The summed E-state index contributed by atoms with van der Waals surface area (Å²) in [6.45, 7) is 6.28. The highest BCUT2D eigenvalue weighted by Crippen LogP contribution is 2.31. The van der Waals surface area contributed by atoms with Crippen LogP contribution in [0.15, 0.2) is 12.1 Å². The quantitative estimate of drug-likeness (QED) is 0.465. The van der Waals surface area contributed by atoms with E-state index in [1.54, 1.807) is 0 Å². The van der Waals surface area contributed by atoms with Crippen molar-refractivity contribution >= 4 is 17.7 Å². The van der Waals surface area contributed by atoms with Gasteiger partial charge in [0.25, 0.3) is 0 Å². The Morgan fingerprint density at radius 1 is 1.30 bits per heavy atom. The molecule has 184 valence electrons. The predicted octanol–water partition coefficient (Wildman–Crippen LogP) is 3.57. The molecule has 1 amide bonds. The number of nitrogens with one attached hydrogen (secondary N) is 2. The van der Waals surface area contributed by atoms with Crippen LogP contribution >= 0.6 is 0 Å². The fraction of sp³-hybridized carbons (Fsp3) is 0.720. The summed E-state index contributed by atoms with van der Waals surface area (Å²) >= 11 is 0. The lowest BCUT2D eigenvalue weighted by molar-refractivity contribution is -0.142. The molecule has 33 heavy (non-hydrogen) atoms. The van der Waals surface area contributed by atoms with Gasteiger partial charge in [-0.25, -0.2) is 14.2 Å². The van der Waals surface area contributed by atoms with Gasteiger partial charge in [-0.05, 0) is 76.0 Å². The second kappa shape index (κ2) is 11.8. The summed E-state index contributed by atoms with van der Waals surface area (Å²) in [5.74, 6) is -0.484. The molecule has 1 aromatic heterocycles. The number of nitrogens with zero attached hydrogens (tertiary/aromatic N) is 2.